The molecule has 23 heavy (non-hydrogen) atoms. The predicted molar refractivity (Wildman–Crippen MR) is 79.9 cm³/mol. The summed E-state index contributed by atoms with van der Waals surface area (Å²) in [5.41, 5.74) is 0.221. The number of carboxylic acid groups (broad SMARTS) is 1. The fraction of sp³-hybridized carbons (Fsp3) is 0.200. The molecule has 0 saturated carbocycles. The second kappa shape index (κ2) is 7.68. The molecule has 0 aliphatic heterocycles. The van der Waals surface area contributed by atoms with Gasteiger partial charge < -0.3 is 15.2 Å². The molecule has 2 rings (SSSR count). The molecule has 2 N–H and O–H groups in total. The minimum atomic E-state index is -2.94. The van der Waals surface area contributed by atoms with Gasteiger partial charge in [-0.05, 0) is 35.7 Å². The largest absolute Gasteiger partial charge is 0.481 e. The van der Waals surface area contributed by atoms with Gasteiger partial charge in [-0.2, -0.15) is 8.78 Å². The van der Waals surface area contributed by atoms with Crippen LogP contribution >= 0.6 is 11.3 Å². The number of benzene rings is 1. The summed E-state index contributed by atoms with van der Waals surface area (Å²) in [6.45, 7) is -2.94. The molecule has 1 amide bonds. The second-order valence-corrected chi connectivity index (χ2v) is 5.52. The monoisotopic (exact) mass is 341 g/mol. The number of nitrogens with one attached hydrogen (secondary N) is 1. The normalized spacial score (nSPS) is 12.0. The molecule has 1 aromatic heterocycles. The quantitative estimate of drug-likeness (QED) is 0.810. The zero-order valence-electron chi connectivity index (χ0n) is 11.7. The van der Waals surface area contributed by atoms with Crippen LogP contribution in [-0.4, -0.2) is 23.6 Å². The number of ether oxygens (including phenoxy) is 1. The van der Waals surface area contributed by atoms with E-state index in [0.717, 1.165) is 4.88 Å². The van der Waals surface area contributed by atoms with Crippen molar-refractivity contribution in [3.63, 3.8) is 0 Å². The highest BCUT2D eigenvalue weighted by molar-refractivity contribution is 7.10. The minimum Gasteiger partial charge on any atom is -0.481 e. The van der Waals surface area contributed by atoms with Crippen molar-refractivity contribution in [3.05, 3.63) is 52.2 Å². The molecule has 122 valence electrons. The Hall–Kier alpha value is -2.48. The van der Waals surface area contributed by atoms with Crippen LogP contribution in [0.4, 0.5) is 8.78 Å². The van der Waals surface area contributed by atoms with Crippen LogP contribution in [0.25, 0.3) is 0 Å². The van der Waals surface area contributed by atoms with Crippen LogP contribution in [0, 0.1) is 0 Å². The molecule has 0 radical (unpaired) electrons. The van der Waals surface area contributed by atoms with Gasteiger partial charge in [-0.1, -0.05) is 6.07 Å². The number of hydrogen-bond donors (Lipinski definition) is 2. The topological polar surface area (TPSA) is 75.6 Å². The van der Waals surface area contributed by atoms with Crippen LogP contribution in [0.1, 0.15) is 27.7 Å². The van der Waals surface area contributed by atoms with Crippen LogP contribution in [0.2, 0.25) is 0 Å². The number of thiophene rings is 1. The van der Waals surface area contributed by atoms with Gasteiger partial charge in [0.1, 0.15) is 5.75 Å². The number of carbonyl (C=O) groups excluding carboxylic acids is 1. The third kappa shape index (κ3) is 5.03. The summed E-state index contributed by atoms with van der Waals surface area (Å²) in [6, 6.07) is 8.00. The molecule has 0 aliphatic carbocycles. The maximum atomic E-state index is 12.2. The Labute approximate surface area is 134 Å². The number of hydrogen-bond acceptors (Lipinski definition) is 4. The number of alkyl halides is 2. The molecular formula is C15H13F2NO4S. The number of rotatable bonds is 7. The number of carbonyl (C=O) groups is 2. The summed E-state index contributed by atoms with van der Waals surface area (Å²) in [5, 5.41) is 13.4. The predicted octanol–water partition coefficient (Wildman–Crippen LogP) is 3.30. The number of aliphatic carboxylic acids is 1. The average Bonchev–Trinajstić information content (AvgIpc) is 3.00. The summed E-state index contributed by atoms with van der Waals surface area (Å²) < 4.78 is 28.3. The molecule has 0 bridgehead atoms. The molecule has 1 aromatic carbocycles. The first-order valence-corrected chi connectivity index (χ1v) is 7.44. The molecule has 2 aromatic rings. The number of amides is 1. The molecule has 0 aliphatic rings. The fourth-order valence-electron chi connectivity index (χ4n) is 1.92. The molecule has 0 unspecified atom stereocenters. The van der Waals surface area contributed by atoms with E-state index >= 15 is 0 Å². The highest BCUT2D eigenvalue weighted by atomic mass is 32.1. The van der Waals surface area contributed by atoms with Crippen molar-refractivity contribution >= 4 is 23.2 Å². The lowest BCUT2D eigenvalue weighted by Gasteiger charge is -2.15. The number of carboxylic acids is 1. The lowest BCUT2D eigenvalue weighted by atomic mass is 10.1. The standard InChI is InChI=1S/C15H13F2NO4S/c16-15(17)22-10-5-3-9(4-6-10)14(21)18-11(8-13(19)20)12-2-1-7-23-12/h1-7,11,15H,8H2,(H,18,21)(H,19,20)/t11-/m0/s1. The van der Waals surface area contributed by atoms with Crippen molar-refractivity contribution in [1.29, 1.82) is 0 Å². The Morgan fingerprint density at radius 1 is 1.22 bits per heavy atom. The first-order chi connectivity index (χ1) is 11.0. The zero-order valence-corrected chi connectivity index (χ0v) is 12.6. The Kier molecular flexibility index (Phi) is 5.64. The van der Waals surface area contributed by atoms with Gasteiger partial charge in [0, 0.05) is 10.4 Å². The van der Waals surface area contributed by atoms with Crippen LogP contribution in [0.3, 0.4) is 0 Å². The van der Waals surface area contributed by atoms with Crippen LogP contribution < -0.4 is 10.1 Å². The SMILES string of the molecule is O=C(O)C[C@H](NC(=O)c1ccc(OC(F)F)cc1)c1cccs1. The first-order valence-electron chi connectivity index (χ1n) is 6.56. The Morgan fingerprint density at radius 3 is 2.43 bits per heavy atom. The second-order valence-electron chi connectivity index (χ2n) is 4.54. The lowest BCUT2D eigenvalue weighted by Crippen LogP contribution is -2.29. The van der Waals surface area contributed by atoms with E-state index in [9.17, 15) is 18.4 Å². The van der Waals surface area contributed by atoms with E-state index in [0.29, 0.717) is 0 Å². The molecule has 0 saturated heterocycles. The van der Waals surface area contributed by atoms with E-state index in [1.54, 1.807) is 17.5 Å². The van der Waals surface area contributed by atoms with Gasteiger partial charge in [-0.3, -0.25) is 9.59 Å². The fourth-order valence-corrected chi connectivity index (χ4v) is 2.69. The van der Waals surface area contributed by atoms with Crippen LogP contribution in [0.5, 0.6) is 5.75 Å². The third-order valence-electron chi connectivity index (χ3n) is 2.91. The van der Waals surface area contributed by atoms with Crippen molar-refractivity contribution < 1.29 is 28.2 Å². The Balaban J connectivity index is 2.07. The van der Waals surface area contributed by atoms with Crippen molar-refractivity contribution in [3.8, 4) is 5.75 Å². The summed E-state index contributed by atoms with van der Waals surface area (Å²) in [4.78, 5) is 23.8. The van der Waals surface area contributed by atoms with E-state index < -0.39 is 24.5 Å². The number of halogens is 2. The van der Waals surface area contributed by atoms with E-state index in [1.165, 1.54) is 35.6 Å². The zero-order chi connectivity index (χ0) is 16.8. The molecule has 8 heteroatoms. The van der Waals surface area contributed by atoms with Gasteiger partial charge in [-0.15, -0.1) is 11.3 Å². The highest BCUT2D eigenvalue weighted by Gasteiger charge is 2.19. The van der Waals surface area contributed by atoms with E-state index in [4.69, 9.17) is 5.11 Å². The molecule has 0 fully saturated rings. The maximum Gasteiger partial charge on any atom is 0.387 e. The van der Waals surface area contributed by atoms with Gasteiger partial charge in [0.2, 0.25) is 0 Å². The summed E-state index contributed by atoms with van der Waals surface area (Å²) in [5.74, 6) is -1.59. The maximum absolute atomic E-state index is 12.2. The van der Waals surface area contributed by atoms with Crippen molar-refractivity contribution in [2.75, 3.05) is 0 Å². The van der Waals surface area contributed by atoms with Gasteiger partial charge in [-0.25, -0.2) is 0 Å². The highest BCUT2D eigenvalue weighted by Crippen LogP contribution is 2.23. The van der Waals surface area contributed by atoms with Crippen LogP contribution in [0.15, 0.2) is 41.8 Å². The van der Waals surface area contributed by atoms with Gasteiger partial charge in [0.15, 0.2) is 0 Å². The van der Waals surface area contributed by atoms with Gasteiger partial charge in [0.05, 0.1) is 12.5 Å². The average molecular weight is 341 g/mol. The van der Waals surface area contributed by atoms with Crippen molar-refractivity contribution in [1.82, 2.24) is 5.32 Å². The Bertz CT molecular complexity index is 659. The molecule has 5 nitrogen and oxygen atoms in total. The summed E-state index contributed by atoms with van der Waals surface area (Å²) in [7, 11) is 0. The summed E-state index contributed by atoms with van der Waals surface area (Å²) >= 11 is 1.34. The summed E-state index contributed by atoms with van der Waals surface area (Å²) in [6.07, 6.45) is -0.251. The van der Waals surface area contributed by atoms with Gasteiger partial charge >= 0.3 is 12.6 Å². The Morgan fingerprint density at radius 2 is 1.91 bits per heavy atom. The van der Waals surface area contributed by atoms with Crippen molar-refractivity contribution in [2.45, 2.75) is 19.1 Å². The molecular weight excluding hydrogens is 328 g/mol. The molecule has 1 heterocycles. The van der Waals surface area contributed by atoms with Crippen molar-refractivity contribution in [2.24, 2.45) is 0 Å². The molecule has 0 spiro atoms. The smallest absolute Gasteiger partial charge is 0.387 e. The van der Waals surface area contributed by atoms with Gasteiger partial charge in [0.25, 0.3) is 5.91 Å². The third-order valence-corrected chi connectivity index (χ3v) is 3.90. The van der Waals surface area contributed by atoms with E-state index in [1.807, 2.05) is 0 Å². The van der Waals surface area contributed by atoms with E-state index in [2.05, 4.69) is 10.1 Å². The van der Waals surface area contributed by atoms with E-state index in [-0.39, 0.29) is 17.7 Å². The molecule has 1 atom stereocenters. The lowest BCUT2D eigenvalue weighted by molar-refractivity contribution is -0.137. The minimum absolute atomic E-state index is 0.0584. The first kappa shape index (κ1) is 16.9. The van der Waals surface area contributed by atoms with Crippen LogP contribution in [-0.2, 0) is 4.79 Å².